The second-order valence-electron chi connectivity index (χ2n) is 5.16. The molecule has 1 aliphatic rings. The van der Waals surface area contributed by atoms with Gasteiger partial charge in [-0.2, -0.15) is 0 Å². The highest BCUT2D eigenvalue weighted by atomic mass is 16.5. The third-order valence-electron chi connectivity index (χ3n) is 3.78. The van der Waals surface area contributed by atoms with Crippen LogP contribution < -0.4 is 14.8 Å². The summed E-state index contributed by atoms with van der Waals surface area (Å²) in [4.78, 5) is 14.2. The lowest BCUT2D eigenvalue weighted by atomic mass is 10.1. The largest absolute Gasteiger partial charge is 0.493 e. The Morgan fingerprint density at radius 3 is 2.45 bits per heavy atom. The second kappa shape index (κ2) is 5.29. The van der Waals surface area contributed by atoms with Gasteiger partial charge in [-0.1, -0.05) is 0 Å². The molecule has 116 valence electrons. The monoisotopic (exact) mass is 302 g/mol. The number of nitrogens with zero attached hydrogens (tertiary/aromatic N) is 1. The average Bonchev–Trinajstić information content (AvgIpc) is 2.95. The SMILES string of the molecule is COc1cc2c(cc1OC)C(=O)N(C)[C@@H](c1ccc(C)o1)N2. The number of carbonyl (C=O) groups is 1. The lowest BCUT2D eigenvalue weighted by molar-refractivity contribution is 0.0717. The molecule has 6 heteroatoms. The summed E-state index contributed by atoms with van der Waals surface area (Å²) >= 11 is 0. The van der Waals surface area contributed by atoms with E-state index in [1.807, 2.05) is 19.1 Å². The fourth-order valence-electron chi connectivity index (χ4n) is 2.59. The van der Waals surface area contributed by atoms with Crippen LogP contribution in [0, 0.1) is 6.92 Å². The van der Waals surface area contributed by atoms with Crippen molar-refractivity contribution in [2.45, 2.75) is 13.1 Å². The fourth-order valence-corrected chi connectivity index (χ4v) is 2.59. The fraction of sp³-hybridized carbons (Fsp3) is 0.312. The molecular weight excluding hydrogens is 284 g/mol. The van der Waals surface area contributed by atoms with Crippen molar-refractivity contribution in [3.63, 3.8) is 0 Å². The number of benzene rings is 1. The van der Waals surface area contributed by atoms with E-state index in [0.29, 0.717) is 28.5 Å². The number of hydrogen-bond acceptors (Lipinski definition) is 5. The Morgan fingerprint density at radius 2 is 1.86 bits per heavy atom. The van der Waals surface area contributed by atoms with Crippen molar-refractivity contribution >= 4 is 11.6 Å². The van der Waals surface area contributed by atoms with Gasteiger partial charge in [-0.3, -0.25) is 4.79 Å². The molecule has 0 fully saturated rings. The molecule has 0 radical (unpaired) electrons. The van der Waals surface area contributed by atoms with Gasteiger partial charge in [0.05, 0.1) is 25.5 Å². The highest BCUT2D eigenvalue weighted by Gasteiger charge is 2.33. The Labute approximate surface area is 128 Å². The molecule has 0 bridgehead atoms. The summed E-state index contributed by atoms with van der Waals surface area (Å²) in [5, 5.41) is 3.31. The zero-order valence-electron chi connectivity index (χ0n) is 13.0. The summed E-state index contributed by atoms with van der Waals surface area (Å²) in [5.41, 5.74) is 1.24. The van der Waals surface area contributed by atoms with E-state index in [2.05, 4.69) is 5.32 Å². The van der Waals surface area contributed by atoms with Crippen LogP contribution in [0.1, 0.15) is 28.0 Å². The van der Waals surface area contributed by atoms with E-state index >= 15 is 0 Å². The van der Waals surface area contributed by atoms with Crippen molar-refractivity contribution in [3.05, 3.63) is 41.3 Å². The van der Waals surface area contributed by atoms with E-state index in [4.69, 9.17) is 13.9 Å². The Bertz CT molecular complexity index is 723. The molecule has 1 amide bonds. The maximum atomic E-state index is 12.6. The van der Waals surface area contributed by atoms with E-state index in [1.54, 1.807) is 38.3 Å². The minimum Gasteiger partial charge on any atom is -0.493 e. The molecule has 1 atom stereocenters. The zero-order valence-corrected chi connectivity index (χ0v) is 13.0. The molecule has 0 spiro atoms. The highest BCUT2D eigenvalue weighted by Crippen LogP contribution is 2.39. The first kappa shape index (κ1) is 14.3. The number of methoxy groups -OCH3 is 2. The number of carbonyl (C=O) groups excluding carboxylic acids is 1. The van der Waals surface area contributed by atoms with Crippen LogP contribution in [0.4, 0.5) is 5.69 Å². The molecule has 1 aliphatic heterocycles. The molecule has 0 aliphatic carbocycles. The third kappa shape index (κ3) is 2.16. The Balaban J connectivity index is 2.05. The van der Waals surface area contributed by atoms with Gasteiger partial charge in [0.2, 0.25) is 0 Å². The van der Waals surface area contributed by atoms with E-state index < -0.39 is 0 Å². The summed E-state index contributed by atoms with van der Waals surface area (Å²) < 4.78 is 16.2. The van der Waals surface area contributed by atoms with Crippen LogP contribution >= 0.6 is 0 Å². The first-order valence-electron chi connectivity index (χ1n) is 6.91. The van der Waals surface area contributed by atoms with Gasteiger partial charge in [-0.25, -0.2) is 0 Å². The molecule has 1 N–H and O–H groups in total. The van der Waals surface area contributed by atoms with Gasteiger partial charge in [0.15, 0.2) is 17.7 Å². The molecule has 0 unspecified atom stereocenters. The standard InChI is InChI=1S/C16H18N2O4/c1-9-5-6-12(22-9)15-17-11-8-14(21-4)13(20-3)7-10(11)16(19)18(15)2/h5-8,15,17H,1-4H3/t15-/m0/s1. The van der Waals surface area contributed by atoms with Gasteiger partial charge in [0.1, 0.15) is 11.5 Å². The number of nitrogens with one attached hydrogen (secondary N) is 1. The van der Waals surface area contributed by atoms with Gasteiger partial charge in [0, 0.05) is 13.1 Å². The van der Waals surface area contributed by atoms with Crippen LogP contribution in [0.15, 0.2) is 28.7 Å². The average molecular weight is 302 g/mol. The maximum Gasteiger partial charge on any atom is 0.257 e. The van der Waals surface area contributed by atoms with Gasteiger partial charge in [-0.05, 0) is 25.1 Å². The van der Waals surface area contributed by atoms with Gasteiger partial charge < -0.3 is 24.1 Å². The van der Waals surface area contributed by atoms with Crippen molar-refractivity contribution in [1.82, 2.24) is 4.90 Å². The normalized spacial score (nSPS) is 17.0. The van der Waals surface area contributed by atoms with Gasteiger partial charge in [0.25, 0.3) is 5.91 Å². The molecule has 3 rings (SSSR count). The molecule has 0 saturated heterocycles. The Morgan fingerprint density at radius 1 is 1.18 bits per heavy atom. The molecule has 1 aromatic carbocycles. The number of ether oxygens (including phenoxy) is 2. The van der Waals surface area contributed by atoms with Crippen molar-refractivity contribution in [1.29, 1.82) is 0 Å². The molecule has 6 nitrogen and oxygen atoms in total. The molecule has 0 saturated carbocycles. The predicted octanol–water partition coefficient (Wildman–Crippen LogP) is 2.80. The first-order valence-corrected chi connectivity index (χ1v) is 6.91. The van der Waals surface area contributed by atoms with Gasteiger partial charge >= 0.3 is 0 Å². The predicted molar refractivity (Wildman–Crippen MR) is 81.4 cm³/mol. The quantitative estimate of drug-likeness (QED) is 0.944. The van der Waals surface area contributed by atoms with Crippen molar-refractivity contribution in [2.75, 3.05) is 26.6 Å². The van der Waals surface area contributed by atoms with E-state index in [-0.39, 0.29) is 12.1 Å². The van der Waals surface area contributed by atoms with Crippen LogP contribution in [-0.4, -0.2) is 32.1 Å². The van der Waals surface area contributed by atoms with Crippen LogP contribution in [0.25, 0.3) is 0 Å². The Hall–Kier alpha value is -2.63. The zero-order chi connectivity index (χ0) is 15.9. The summed E-state index contributed by atoms with van der Waals surface area (Å²) in [6.45, 7) is 1.87. The number of anilines is 1. The molecular formula is C16H18N2O4. The number of furan rings is 1. The number of amides is 1. The van der Waals surface area contributed by atoms with Crippen LogP contribution in [0.5, 0.6) is 11.5 Å². The molecule has 1 aromatic heterocycles. The molecule has 2 aromatic rings. The Kier molecular flexibility index (Phi) is 3.44. The lowest BCUT2D eigenvalue weighted by Crippen LogP contribution is -2.40. The van der Waals surface area contributed by atoms with Crippen LogP contribution in [0.2, 0.25) is 0 Å². The van der Waals surface area contributed by atoms with E-state index in [1.165, 1.54) is 0 Å². The summed E-state index contributed by atoms with van der Waals surface area (Å²) in [6.07, 6.45) is -0.355. The number of hydrogen-bond donors (Lipinski definition) is 1. The summed E-state index contributed by atoms with van der Waals surface area (Å²) in [6, 6.07) is 7.19. The highest BCUT2D eigenvalue weighted by molar-refractivity contribution is 6.02. The van der Waals surface area contributed by atoms with E-state index in [0.717, 1.165) is 5.76 Å². The first-order chi connectivity index (χ1) is 10.5. The number of aryl methyl sites for hydroxylation is 1. The van der Waals surface area contributed by atoms with Gasteiger partial charge in [-0.15, -0.1) is 0 Å². The van der Waals surface area contributed by atoms with Crippen LogP contribution in [0.3, 0.4) is 0 Å². The van der Waals surface area contributed by atoms with Crippen LogP contribution in [-0.2, 0) is 0 Å². The van der Waals surface area contributed by atoms with Crippen molar-refractivity contribution in [2.24, 2.45) is 0 Å². The number of fused-ring (bicyclic) bond motifs is 1. The summed E-state index contributed by atoms with van der Waals surface area (Å²) in [5.74, 6) is 2.48. The lowest BCUT2D eigenvalue weighted by Gasteiger charge is -2.34. The maximum absolute atomic E-state index is 12.6. The minimum absolute atomic E-state index is 0.103. The van der Waals surface area contributed by atoms with Crippen molar-refractivity contribution < 1.29 is 18.7 Å². The second-order valence-corrected chi connectivity index (χ2v) is 5.16. The van der Waals surface area contributed by atoms with Crippen molar-refractivity contribution in [3.8, 4) is 11.5 Å². The third-order valence-corrected chi connectivity index (χ3v) is 3.78. The van der Waals surface area contributed by atoms with E-state index in [9.17, 15) is 4.79 Å². The summed E-state index contributed by atoms with van der Waals surface area (Å²) in [7, 11) is 4.84. The molecule has 2 heterocycles. The topological polar surface area (TPSA) is 63.9 Å². The smallest absolute Gasteiger partial charge is 0.257 e. The molecule has 22 heavy (non-hydrogen) atoms. The minimum atomic E-state index is -0.355. The number of rotatable bonds is 3.